The van der Waals surface area contributed by atoms with E-state index in [2.05, 4.69) is 26.0 Å². The fourth-order valence-corrected chi connectivity index (χ4v) is 4.50. The molecule has 11 nitrogen and oxygen atoms in total. The third-order valence-electron chi connectivity index (χ3n) is 6.57. The summed E-state index contributed by atoms with van der Waals surface area (Å²) in [6.45, 7) is 1.25. The molecule has 0 bridgehead atoms. The van der Waals surface area contributed by atoms with E-state index in [1.807, 2.05) is 6.07 Å². The molecular formula is C23H29N7O4. The van der Waals surface area contributed by atoms with Gasteiger partial charge in [-0.2, -0.15) is 9.61 Å². The molecule has 3 unspecified atom stereocenters. The molecule has 34 heavy (non-hydrogen) atoms. The Kier molecular flexibility index (Phi) is 6.20. The summed E-state index contributed by atoms with van der Waals surface area (Å²) in [7, 11) is 3.41. The van der Waals surface area contributed by atoms with Crippen molar-refractivity contribution in [2.45, 2.75) is 43.9 Å². The van der Waals surface area contributed by atoms with Crippen molar-refractivity contribution in [3.8, 4) is 0 Å². The van der Waals surface area contributed by atoms with Crippen LogP contribution in [-0.2, 0) is 9.47 Å². The first-order valence-corrected chi connectivity index (χ1v) is 11.5. The van der Waals surface area contributed by atoms with Crippen LogP contribution in [0.2, 0.25) is 0 Å². The lowest BCUT2D eigenvalue weighted by atomic mass is 9.89. The van der Waals surface area contributed by atoms with Crippen LogP contribution < -0.4 is 21.5 Å². The standard InChI is InChI=1S/C23H29N7O4/c1-24-20-11-19(26-17-6-3-9-29(23(17)32)14-5-4-10-34-13-14)28-21-15(12-25-30(20)21)22(31)27-16-7-8-18(16)33-2/h3,6,9,11-12,14,16,18,24H,4-5,7-8,10,13H2,1-2H3,(H,26,28)(H,27,31). The van der Waals surface area contributed by atoms with Crippen molar-refractivity contribution >= 4 is 28.9 Å². The predicted molar refractivity (Wildman–Crippen MR) is 127 cm³/mol. The average molecular weight is 468 g/mol. The van der Waals surface area contributed by atoms with E-state index < -0.39 is 0 Å². The van der Waals surface area contributed by atoms with Crippen molar-refractivity contribution in [2.24, 2.45) is 0 Å². The van der Waals surface area contributed by atoms with Crippen LogP contribution >= 0.6 is 0 Å². The number of carbonyl (C=O) groups is 1. The Hall–Kier alpha value is -3.44. The Balaban J connectivity index is 1.44. The molecule has 11 heteroatoms. The number of nitrogens with one attached hydrogen (secondary N) is 3. The maximum Gasteiger partial charge on any atom is 0.274 e. The van der Waals surface area contributed by atoms with Crippen molar-refractivity contribution in [1.29, 1.82) is 0 Å². The molecule has 1 amide bonds. The Labute approximate surface area is 196 Å². The highest BCUT2D eigenvalue weighted by Crippen LogP contribution is 2.25. The van der Waals surface area contributed by atoms with Crippen molar-refractivity contribution < 1.29 is 14.3 Å². The minimum atomic E-state index is -0.257. The van der Waals surface area contributed by atoms with Gasteiger partial charge in [0.25, 0.3) is 11.5 Å². The van der Waals surface area contributed by atoms with Crippen molar-refractivity contribution in [1.82, 2.24) is 24.5 Å². The van der Waals surface area contributed by atoms with Crippen LogP contribution in [0.5, 0.6) is 0 Å². The number of fused-ring (bicyclic) bond motifs is 1. The van der Waals surface area contributed by atoms with E-state index in [1.165, 1.54) is 6.20 Å². The van der Waals surface area contributed by atoms with E-state index in [0.29, 0.717) is 35.1 Å². The summed E-state index contributed by atoms with van der Waals surface area (Å²) >= 11 is 0. The lowest BCUT2D eigenvalue weighted by Gasteiger charge is -2.35. The zero-order chi connectivity index (χ0) is 23.7. The molecule has 3 aromatic rings. The first-order valence-electron chi connectivity index (χ1n) is 11.5. The molecule has 2 fully saturated rings. The van der Waals surface area contributed by atoms with E-state index >= 15 is 0 Å². The molecule has 2 aliphatic rings. The smallest absolute Gasteiger partial charge is 0.274 e. The monoisotopic (exact) mass is 467 g/mol. The normalized spacial score (nSPS) is 22.2. The molecule has 4 heterocycles. The van der Waals surface area contributed by atoms with Gasteiger partial charge in [0.1, 0.15) is 22.9 Å². The van der Waals surface area contributed by atoms with E-state index in [1.54, 1.807) is 41.6 Å². The number of ether oxygens (including phenoxy) is 2. The molecule has 0 spiro atoms. The Morgan fingerprint density at radius 2 is 2.18 bits per heavy atom. The fraction of sp³-hybridized carbons (Fsp3) is 0.478. The van der Waals surface area contributed by atoms with Crippen LogP contribution in [0, 0.1) is 0 Å². The Morgan fingerprint density at radius 1 is 1.29 bits per heavy atom. The van der Waals surface area contributed by atoms with Crippen molar-refractivity contribution in [3.05, 3.63) is 46.5 Å². The number of amides is 1. The summed E-state index contributed by atoms with van der Waals surface area (Å²) < 4.78 is 14.2. The maximum atomic E-state index is 13.1. The minimum absolute atomic E-state index is 0.0128. The van der Waals surface area contributed by atoms with Crippen LogP contribution in [-0.4, -0.2) is 64.6 Å². The SMILES string of the molecule is CNc1cc(Nc2cccn(C3CCCOC3)c2=O)nc2c(C(=O)NC3CCC3OC)cnn12. The Bertz CT molecular complexity index is 1250. The van der Waals surface area contributed by atoms with Crippen molar-refractivity contribution in [2.75, 3.05) is 38.0 Å². The van der Waals surface area contributed by atoms with Gasteiger partial charge >= 0.3 is 0 Å². The third-order valence-corrected chi connectivity index (χ3v) is 6.57. The second kappa shape index (κ2) is 9.43. The predicted octanol–water partition coefficient (Wildman–Crippen LogP) is 1.93. The van der Waals surface area contributed by atoms with E-state index in [4.69, 9.17) is 9.47 Å². The van der Waals surface area contributed by atoms with E-state index in [-0.39, 0.29) is 29.7 Å². The van der Waals surface area contributed by atoms with Gasteiger partial charge in [-0.3, -0.25) is 9.59 Å². The number of carbonyl (C=O) groups excluding carboxylic acids is 1. The van der Waals surface area contributed by atoms with Gasteiger partial charge in [0.05, 0.1) is 31.0 Å². The highest BCUT2D eigenvalue weighted by atomic mass is 16.5. The van der Waals surface area contributed by atoms with E-state index in [0.717, 1.165) is 32.3 Å². The number of methoxy groups -OCH3 is 1. The third kappa shape index (κ3) is 4.12. The van der Waals surface area contributed by atoms with E-state index in [9.17, 15) is 9.59 Å². The second-order valence-corrected chi connectivity index (χ2v) is 8.63. The quantitative estimate of drug-likeness (QED) is 0.482. The summed E-state index contributed by atoms with van der Waals surface area (Å²) in [5.74, 6) is 0.800. The first kappa shape index (κ1) is 22.4. The van der Waals surface area contributed by atoms with Gasteiger partial charge in [-0.1, -0.05) is 0 Å². The highest BCUT2D eigenvalue weighted by Gasteiger charge is 2.33. The largest absolute Gasteiger partial charge is 0.379 e. The van der Waals surface area contributed by atoms with Gasteiger partial charge in [-0.15, -0.1) is 0 Å². The Morgan fingerprint density at radius 3 is 2.88 bits per heavy atom. The molecule has 1 saturated heterocycles. The van der Waals surface area contributed by atoms with Crippen LogP contribution in [0.1, 0.15) is 42.1 Å². The van der Waals surface area contributed by atoms with Crippen molar-refractivity contribution in [3.63, 3.8) is 0 Å². The van der Waals surface area contributed by atoms with Gasteiger partial charge in [-0.25, -0.2) is 4.98 Å². The topological polar surface area (TPSA) is 124 Å². The summed E-state index contributed by atoms with van der Waals surface area (Å²) in [5.41, 5.74) is 0.992. The highest BCUT2D eigenvalue weighted by molar-refractivity contribution is 6.00. The van der Waals surface area contributed by atoms with Gasteiger partial charge < -0.3 is 30.0 Å². The van der Waals surface area contributed by atoms with Crippen LogP contribution in [0.25, 0.3) is 5.65 Å². The number of pyridine rings is 1. The summed E-state index contributed by atoms with van der Waals surface area (Å²) in [6.07, 6.45) is 6.94. The molecule has 1 saturated carbocycles. The number of anilines is 3. The number of hydrogen-bond donors (Lipinski definition) is 3. The molecule has 3 atom stereocenters. The lowest BCUT2D eigenvalue weighted by molar-refractivity contribution is 0.00732. The zero-order valence-corrected chi connectivity index (χ0v) is 19.3. The molecule has 1 aliphatic heterocycles. The van der Waals surface area contributed by atoms with Gasteiger partial charge in [0.15, 0.2) is 5.65 Å². The van der Waals surface area contributed by atoms with Gasteiger partial charge in [0.2, 0.25) is 0 Å². The minimum Gasteiger partial charge on any atom is -0.379 e. The molecule has 0 radical (unpaired) electrons. The summed E-state index contributed by atoms with van der Waals surface area (Å²) in [6, 6.07) is 5.29. The number of aromatic nitrogens is 4. The second-order valence-electron chi connectivity index (χ2n) is 8.63. The van der Waals surface area contributed by atoms with Crippen LogP contribution in [0.4, 0.5) is 17.3 Å². The summed E-state index contributed by atoms with van der Waals surface area (Å²) in [4.78, 5) is 30.7. The molecule has 0 aromatic carbocycles. The zero-order valence-electron chi connectivity index (χ0n) is 19.3. The molecule has 180 valence electrons. The van der Waals surface area contributed by atoms with Gasteiger partial charge in [0, 0.05) is 33.0 Å². The van der Waals surface area contributed by atoms with Crippen LogP contribution in [0.15, 0.2) is 35.4 Å². The molecular weight excluding hydrogens is 438 g/mol. The maximum absolute atomic E-state index is 13.1. The first-order chi connectivity index (χ1) is 16.6. The number of nitrogens with zero attached hydrogens (tertiary/aromatic N) is 4. The fourth-order valence-electron chi connectivity index (χ4n) is 4.50. The molecule has 5 rings (SSSR count). The molecule has 1 aliphatic carbocycles. The van der Waals surface area contributed by atoms with Gasteiger partial charge in [-0.05, 0) is 37.8 Å². The summed E-state index contributed by atoms with van der Waals surface area (Å²) in [5, 5.41) is 13.6. The average Bonchev–Trinajstić information content (AvgIpc) is 3.27. The number of rotatable bonds is 7. The molecule has 3 N–H and O–H groups in total. The number of hydrogen-bond acceptors (Lipinski definition) is 8. The molecule has 3 aromatic heterocycles. The lowest BCUT2D eigenvalue weighted by Crippen LogP contribution is -2.51. The van der Waals surface area contributed by atoms with Crippen LogP contribution in [0.3, 0.4) is 0 Å².